The zero-order valence-corrected chi connectivity index (χ0v) is 17.0. The Morgan fingerprint density at radius 1 is 1.00 bits per heavy atom. The summed E-state index contributed by atoms with van der Waals surface area (Å²) in [5, 5.41) is 13.1. The fourth-order valence-electron chi connectivity index (χ4n) is 3.84. The van der Waals surface area contributed by atoms with Gasteiger partial charge in [0.15, 0.2) is 0 Å². The lowest BCUT2D eigenvalue weighted by Gasteiger charge is -2.21. The van der Waals surface area contributed by atoms with Crippen LogP contribution in [0.1, 0.15) is 38.6 Å². The van der Waals surface area contributed by atoms with E-state index in [2.05, 4.69) is 22.3 Å². The van der Waals surface area contributed by atoms with E-state index in [1.54, 1.807) is 36.4 Å². The smallest absolute Gasteiger partial charge is 0.337 e. The van der Waals surface area contributed by atoms with E-state index < -0.39 is 5.97 Å². The van der Waals surface area contributed by atoms with Gasteiger partial charge in [-0.05, 0) is 54.4 Å². The van der Waals surface area contributed by atoms with E-state index >= 15 is 0 Å². The van der Waals surface area contributed by atoms with Crippen LogP contribution in [0.2, 0.25) is 5.02 Å². The van der Waals surface area contributed by atoms with Crippen LogP contribution in [0.5, 0.6) is 0 Å². The minimum atomic E-state index is -1.02. The molecule has 0 saturated carbocycles. The number of anilines is 2. The molecule has 6 heteroatoms. The molecule has 0 unspecified atom stereocenters. The summed E-state index contributed by atoms with van der Waals surface area (Å²) in [6.45, 7) is 1.55. The Kier molecular flexibility index (Phi) is 5.72. The summed E-state index contributed by atoms with van der Waals surface area (Å²) >= 11 is 5.86. The second-order valence-electron chi connectivity index (χ2n) is 7.34. The standard InChI is InChI=1S/C24H21ClN2O3/c25-19-8-6-17(7-9-19)23(28)26-20-10-11-22(21(14-20)24(29)30)27-13-12-18(15-27)16-4-2-1-3-5-16/h1-11,14,18H,12-13,15H2,(H,26,28)(H,29,30)/t18-/m1/s1. The summed E-state index contributed by atoms with van der Waals surface area (Å²) in [6.07, 6.45) is 0.970. The van der Waals surface area contributed by atoms with Crippen LogP contribution in [0.15, 0.2) is 72.8 Å². The Labute approximate surface area is 179 Å². The number of benzene rings is 3. The van der Waals surface area contributed by atoms with Crippen LogP contribution in [0.25, 0.3) is 0 Å². The Morgan fingerprint density at radius 2 is 1.73 bits per heavy atom. The molecule has 0 spiro atoms. The molecule has 152 valence electrons. The number of carboxylic acids is 1. The lowest BCUT2D eigenvalue weighted by molar-refractivity contribution is 0.0697. The number of carbonyl (C=O) groups is 2. The fourth-order valence-corrected chi connectivity index (χ4v) is 3.97. The molecule has 1 fully saturated rings. The first-order valence-corrected chi connectivity index (χ1v) is 10.1. The van der Waals surface area contributed by atoms with Crippen molar-refractivity contribution in [2.75, 3.05) is 23.3 Å². The number of carbonyl (C=O) groups excluding carboxylic acids is 1. The van der Waals surface area contributed by atoms with Gasteiger partial charge in [-0.2, -0.15) is 0 Å². The first kappa shape index (κ1) is 20.0. The van der Waals surface area contributed by atoms with Gasteiger partial charge in [0.1, 0.15) is 0 Å². The lowest BCUT2D eigenvalue weighted by atomic mass is 9.99. The lowest BCUT2D eigenvalue weighted by Crippen LogP contribution is -2.22. The van der Waals surface area contributed by atoms with Gasteiger partial charge in [-0.1, -0.05) is 41.9 Å². The number of carboxylic acid groups (broad SMARTS) is 1. The van der Waals surface area contributed by atoms with Crippen LogP contribution >= 0.6 is 11.6 Å². The zero-order valence-electron chi connectivity index (χ0n) is 16.2. The van der Waals surface area contributed by atoms with Gasteiger partial charge in [0, 0.05) is 35.3 Å². The van der Waals surface area contributed by atoms with E-state index in [1.807, 2.05) is 18.2 Å². The van der Waals surface area contributed by atoms with Gasteiger partial charge in [0.2, 0.25) is 0 Å². The van der Waals surface area contributed by atoms with Crippen molar-refractivity contribution >= 4 is 34.9 Å². The van der Waals surface area contributed by atoms with Crippen molar-refractivity contribution in [1.29, 1.82) is 0 Å². The Balaban J connectivity index is 1.53. The van der Waals surface area contributed by atoms with Crippen LogP contribution in [-0.4, -0.2) is 30.1 Å². The van der Waals surface area contributed by atoms with Gasteiger partial charge in [-0.15, -0.1) is 0 Å². The maximum atomic E-state index is 12.4. The average molecular weight is 421 g/mol. The van der Waals surface area contributed by atoms with Crippen LogP contribution in [0, 0.1) is 0 Å². The predicted molar refractivity (Wildman–Crippen MR) is 119 cm³/mol. The first-order chi connectivity index (χ1) is 14.5. The van der Waals surface area contributed by atoms with Gasteiger partial charge in [-0.25, -0.2) is 4.79 Å². The van der Waals surface area contributed by atoms with E-state index in [9.17, 15) is 14.7 Å². The molecular formula is C24H21ClN2O3. The molecular weight excluding hydrogens is 400 g/mol. The van der Waals surface area contributed by atoms with Gasteiger partial charge in [0.05, 0.1) is 11.3 Å². The SMILES string of the molecule is O=C(Nc1ccc(N2CC[C@@H](c3ccccc3)C2)c(C(=O)O)c1)c1ccc(Cl)cc1. The Hall–Kier alpha value is -3.31. The van der Waals surface area contributed by atoms with Gasteiger partial charge in [-0.3, -0.25) is 4.79 Å². The number of aromatic carboxylic acids is 1. The number of nitrogens with zero attached hydrogens (tertiary/aromatic N) is 1. The van der Waals surface area contributed by atoms with Crippen LogP contribution in [0.4, 0.5) is 11.4 Å². The molecule has 30 heavy (non-hydrogen) atoms. The van der Waals surface area contributed by atoms with Crippen molar-refractivity contribution in [3.63, 3.8) is 0 Å². The Bertz CT molecular complexity index is 1070. The van der Waals surface area contributed by atoms with Crippen molar-refractivity contribution < 1.29 is 14.7 Å². The quantitative estimate of drug-likeness (QED) is 0.588. The summed E-state index contributed by atoms with van der Waals surface area (Å²) in [6, 6.07) is 21.8. The summed E-state index contributed by atoms with van der Waals surface area (Å²) in [7, 11) is 0. The molecule has 0 aromatic heterocycles. The molecule has 1 amide bonds. The molecule has 1 aliphatic heterocycles. The highest BCUT2D eigenvalue weighted by atomic mass is 35.5. The van der Waals surface area contributed by atoms with E-state index in [0.717, 1.165) is 19.5 Å². The van der Waals surface area contributed by atoms with Crippen molar-refractivity contribution in [1.82, 2.24) is 0 Å². The van der Waals surface area contributed by atoms with E-state index in [1.165, 1.54) is 11.6 Å². The van der Waals surface area contributed by atoms with Crippen LogP contribution in [-0.2, 0) is 0 Å². The molecule has 1 saturated heterocycles. The minimum Gasteiger partial charge on any atom is -0.478 e. The van der Waals surface area contributed by atoms with Crippen LogP contribution in [0.3, 0.4) is 0 Å². The second kappa shape index (κ2) is 8.59. The third-order valence-electron chi connectivity index (χ3n) is 5.39. The van der Waals surface area contributed by atoms with Gasteiger partial charge in [0.25, 0.3) is 5.91 Å². The fraction of sp³-hybridized carbons (Fsp3) is 0.167. The Morgan fingerprint density at radius 3 is 2.43 bits per heavy atom. The van der Waals surface area contributed by atoms with Crippen molar-refractivity contribution in [2.45, 2.75) is 12.3 Å². The van der Waals surface area contributed by atoms with Gasteiger partial charge >= 0.3 is 5.97 Å². The third-order valence-corrected chi connectivity index (χ3v) is 5.64. The van der Waals surface area contributed by atoms with Crippen molar-refractivity contribution in [3.05, 3.63) is 94.5 Å². The molecule has 4 rings (SSSR count). The topological polar surface area (TPSA) is 69.6 Å². The molecule has 0 bridgehead atoms. The number of halogens is 1. The first-order valence-electron chi connectivity index (χ1n) is 9.75. The summed E-state index contributed by atoms with van der Waals surface area (Å²) < 4.78 is 0. The highest BCUT2D eigenvalue weighted by Gasteiger charge is 2.27. The summed E-state index contributed by atoms with van der Waals surface area (Å²) in [5.74, 6) is -0.964. The zero-order chi connectivity index (χ0) is 21.1. The number of nitrogens with one attached hydrogen (secondary N) is 1. The molecule has 0 radical (unpaired) electrons. The highest BCUT2D eigenvalue weighted by Crippen LogP contribution is 2.33. The van der Waals surface area contributed by atoms with Crippen LogP contribution < -0.4 is 10.2 Å². The van der Waals surface area contributed by atoms with E-state index in [4.69, 9.17) is 11.6 Å². The number of amides is 1. The van der Waals surface area contributed by atoms with Crippen molar-refractivity contribution in [3.8, 4) is 0 Å². The molecule has 3 aromatic carbocycles. The molecule has 2 N–H and O–H groups in total. The molecule has 3 aromatic rings. The molecule has 1 atom stereocenters. The molecule has 1 aliphatic rings. The predicted octanol–water partition coefficient (Wildman–Crippen LogP) is 5.28. The van der Waals surface area contributed by atoms with Gasteiger partial charge < -0.3 is 15.3 Å². The summed E-state index contributed by atoms with van der Waals surface area (Å²) in [4.78, 5) is 26.5. The third kappa shape index (κ3) is 4.31. The van der Waals surface area contributed by atoms with Crippen molar-refractivity contribution in [2.24, 2.45) is 0 Å². The number of hydrogen-bond donors (Lipinski definition) is 2. The molecule has 1 heterocycles. The summed E-state index contributed by atoms with van der Waals surface area (Å²) in [5.41, 5.74) is 3.01. The maximum Gasteiger partial charge on any atom is 0.337 e. The monoisotopic (exact) mass is 420 g/mol. The van der Waals surface area contributed by atoms with E-state index in [0.29, 0.717) is 27.9 Å². The molecule has 0 aliphatic carbocycles. The number of rotatable bonds is 5. The minimum absolute atomic E-state index is 0.178. The second-order valence-corrected chi connectivity index (χ2v) is 7.78. The number of hydrogen-bond acceptors (Lipinski definition) is 3. The van der Waals surface area contributed by atoms with E-state index in [-0.39, 0.29) is 11.5 Å². The largest absolute Gasteiger partial charge is 0.478 e. The highest BCUT2D eigenvalue weighted by molar-refractivity contribution is 6.30. The molecule has 5 nitrogen and oxygen atoms in total. The average Bonchev–Trinajstić information content (AvgIpc) is 3.25. The normalized spacial score (nSPS) is 15.8. The maximum absolute atomic E-state index is 12.4.